The molecule has 35 heavy (non-hydrogen) atoms. The molecule has 4 rings (SSSR count). The standard InChI is InChI=1S/C28H28ClN5S/c1-5-6-7-22-19(16-30)14-21(15-23(22)29)28(2,3)20-10-8-18(9-11-20)25-17-31-27-24(32-25)12-13-26(33-27)34-35-4/h8-15,17H,5-7H2,1-4H3,(H,31,33,34). The predicted octanol–water partition coefficient (Wildman–Crippen LogP) is 7.58. The van der Waals surface area contributed by atoms with Gasteiger partial charge in [0.1, 0.15) is 11.3 Å². The highest BCUT2D eigenvalue weighted by atomic mass is 35.5. The predicted molar refractivity (Wildman–Crippen MR) is 147 cm³/mol. The molecular formula is C28H28ClN5S. The first-order valence-corrected chi connectivity index (χ1v) is 13.2. The van der Waals surface area contributed by atoms with Crippen molar-refractivity contribution in [3.05, 3.63) is 82.0 Å². The van der Waals surface area contributed by atoms with Crippen molar-refractivity contribution in [1.29, 1.82) is 5.26 Å². The van der Waals surface area contributed by atoms with E-state index in [9.17, 15) is 5.26 Å². The molecule has 0 aliphatic heterocycles. The van der Waals surface area contributed by atoms with Crippen LogP contribution in [-0.4, -0.2) is 21.2 Å². The summed E-state index contributed by atoms with van der Waals surface area (Å²) >= 11 is 8.13. The molecule has 5 nitrogen and oxygen atoms in total. The van der Waals surface area contributed by atoms with Gasteiger partial charge >= 0.3 is 0 Å². The highest BCUT2D eigenvalue weighted by Gasteiger charge is 2.25. The summed E-state index contributed by atoms with van der Waals surface area (Å²) in [6, 6.07) is 18.5. The number of hydrogen-bond acceptors (Lipinski definition) is 6. The molecule has 2 aromatic heterocycles. The molecule has 178 valence electrons. The minimum atomic E-state index is -0.323. The molecule has 4 aromatic rings. The lowest BCUT2D eigenvalue weighted by molar-refractivity contribution is 0.640. The Morgan fingerprint density at radius 2 is 1.83 bits per heavy atom. The van der Waals surface area contributed by atoms with Crippen molar-refractivity contribution >= 4 is 40.5 Å². The zero-order valence-electron chi connectivity index (χ0n) is 20.4. The van der Waals surface area contributed by atoms with Crippen LogP contribution in [0.2, 0.25) is 5.02 Å². The van der Waals surface area contributed by atoms with Gasteiger partial charge in [-0.15, -0.1) is 0 Å². The first-order chi connectivity index (χ1) is 16.9. The Morgan fingerprint density at radius 3 is 2.51 bits per heavy atom. The summed E-state index contributed by atoms with van der Waals surface area (Å²) in [7, 11) is 0. The fourth-order valence-electron chi connectivity index (χ4n) is 4.13. The third-order valence-electron chi connectivity index (χ3n) is 6.33. The number of fused-ring (bicyclic) bond motifs is 1. The molecule has 2 aromatic carbocycles. The Morgan fingerprint density at radius 1 is 1.06 bits per heavy atom. The van der Waals surface area contributed by atoms with Crippen molar-refractivity contribution in [3.8, 4) is 17.3 Å². The average molecular weight is 502 g/mol. The van der Waals surface area contributed by atoms with E-state index < -0.39 is 0 Å². The van der Waals surface area contributed by atoms with Crippen molar-refractivity contribution in [2.75, 3.05) is 11.0 Å². The van der Waals surface area contributed by atoms with Crippen LogP contribution in [0.4, 0.5) is 5.82 Å². The van der Waals surface area contributed by atoms with E-state index in [1.165, 1.54) is 11.9 Å². The van der Waals surface area contributed by atoms with E-state index in [0.717, 1.165) is 58.5 Å². The lowest BCUT2D eigenvalue weighted by Crippen LogP contribution is -2.19. The van der Waals surface area contributed by atoms with Crippen LogP contribution in [0.3, 0.4) is 0 Å². The number of unbranched alkanes of at least 4 members (excludes halogenated alkanes) is 1. The Labute approximate surface area is 216 Å². The van der Waals surface area contributed by atoms with Crippen LogP contribution in [-0.2, 0) is 11.8 Å². The maximum atomic E-state index is 9.75. The summed E-state index contributed by atoms with van der Waals surface area (Å²) in [5.74, 6) is 0.761. The maximum absolute atomic E-state index is 9.75. The van der Waals surface area contributed by atoms with E-state index in [1.807, 2.05) is 30.5 Å². The molecule has 0 spiro atoms. The SMILES string of the molecule is CCCCc1c(Cl)cc(C(C)(C)c2ccc(-c3cnc4nc(NSC)ccc4n3)cc2)cc1C#N. The molecule has 0 aliphatic rings. The van der Waals surface area contributed by atoms with E-state index in [-0.39, 0.29) is 5.41 Å². The molecule has 0 atom stereocenters. The molecule has 0 radical (unpaired) electrons. The molecule has 0 bridgehead atoms. The number of nitrogens with zero attached hydrogens (tertiary/aromatic N) is 4. The number of hydrogen-bond donors (Lipinski definition) is 1. The van der Waals surface area contributed by atoms with Crippen LogP contribution in [0.15, 0.2) is 54.7 Å². The molecule has 0 amide bonds. The van der Waals surface area contributed by atoms with Gasteiger partial charge in [-0.3, -0.25) is 0 Å². The molecule has 0 aliphatic carbocycles. The minimum absolute atomic E-state index is 0.323. The number of nitriles is 1. The first-order valence-electron chi connectivity index (χ1n) is 11.6. The number of nitrogens with one attached hydrogen (secondary N) is 1. The molecule has 0 saturated heterocycles. The van der Waals surface area contributed by atoms with E-state index in [0.29, 0.717) is 16.2 Å². The molecule has 0 saturated carbocycles. The van der Waals surface area contributed by atoms with E-state index in [2.05, 4.69) is 65.8 Å². The maximum Gasteiger partial charge on any atom is 0.180 e. The van der Waals surface area contributed by atoms with E-state index in [1.54, 1.807) is 6.20 Å². The molecule has 1 N–H and O–H groups in total. The fourth-order valence-corrected chi connectivity index (χ4v) is 4.77. The quantitative estimate of drug-likeness (QED) is 0.251. The summed E-state index contributed by atoms with van der Waals surface area (Å²) in [6.45, 7) is 6.45. The van der Waals surface area contributed by atoms with E-state index >= 15 is 0 Å². The molecular weight excluding hydrogens is 474 g/mol. The van der Waals surface area contributed by atoms with Gasteiger partial charge in [0.05, 0.1) is 23.5 Å². The third kappa shape index (κ3) is 5.27. The Bertz CT molecular complexity index is 1390. The summed E-state index contributed by atoms with van der Waals surface area (Å²) in [4.78, 5) is 13.7. The summed E-state index contributed by atoms with van der Waals surface area (Å²) in [5.41, 5.74) is 6.59. The van der Waals surface area contributed by atoms with Crippen molar-refractivity contribution in [2.24, 2.45) is 0 Å². The number of benzene rings is 2. The summed E-state index contributed by atoms with van der Waals surface area (Å²) < 4.78 is 3.11. The summed E-state index contributed by atoms with van der Waals surface area (Å²) in [6.07, 6.45) is 6.61. The van der Waals surface area contributed by atoms with Crippen LogP contribution in [0.25, 0.3) is 22.4 Å². The third-order valence-corrected chi connectivity index (χ3v) is 7.08. The van der Waals surface area contributed by atoms with Crippen LogP contribution >= 0.6 is 23.5 Å². The van der Waals surface area contributed by atoms with Crippen molar-refractivity contribution < 1.29 is 0 Å². The number of halogens is 1. The lowest BCUT2D eigenvalue weighted by atomic mass is 9.77. The molecule has 7 heteroatoms. The van der Waals surface area contributed by atoms with Gasteiger partial charge in [0.2, 0.25) is 0 Å². The van der Waals surface area contributed by atoms with Gasteiger partial charge in [0.15, 0.2) is 5.65 Å². The van der Waals surface area contributed by atoms with Crippen molar-refractivity contribution in [1.82, 2.24) is 15.0 Å². The first kappa shape index (κ1) is 25.0. The van der Waals surface area contributed by atoms with Gasteiger partial charge in [0.25, 0.3) is 0 Å². The van der Waals surface area contributed by atoms with Gasteiger partial charge in [-0.05, 0) is 53.8 Å². The Balaban J connectivity index is 1.63. The second kappa shape index (κ2) is 10.6. The fraction of sp³-hybridized carbons (Fsp3) is 0.286. The van der Waals surface area contributed by atoms with Crippen molar-refractivity contribution in [2.45, 2.75) is 45.4 Å². The number of pyridine rings is 1. The second-order valence-electron chi connectivity index (χ2n) is 9.00. The van der Waals surface area contributed by atoms with Crippen LogP contribution in [0.5, 0.6) is 0 Å². The normalized spacial score (nSPS) is 11.4. The van der Waals surface area contributed by atoms with Crippen LogP contribution < -0.4 is 4.72 Å². The largest absolute Gasteiger partial charge is 0.315 e. The Hall–Kier alpha value is -3.14. The van der Waals surface area contributed by atoms with Gasteiger partial charge in [-0.1, -0.05) is 75.0 Å². The zero-order valence-corrected chi connectivity index (χ0v) is 22.0. The highest BCUT2D eigenvalue weighted by Crippen LogP contribution is 2.36. The Kier molecular flexibility index (Phi) is 7.59. The molecule has 0 fully saturated rings. The van der Waals surface area contributed by atoms with Gasteiger partial charge < -0.3 is 4.72 Å². The number of aromatic nitrogens is 3. The van der Waals surface area contributed by atoms with Crippen molar-refractivity contribution in [3.63, 3.8) is 0 Å². The average Bonchev–Trinajstić information content (AvgIpc) is 2.87. The smallest absolute Gasteiger partial charge is 0.180 e. The molecule has 2 heterocycles. The minimum Gasteiger partial charge on any atom is -0.315 e. The molecule has 0 unspecified atom stereocenters. The lowest BCUT2D eigenvalue weighted by Gasteiger charge is -2.27. The van der Waals surface area contributed by atoms with Crippen LogP contribution in [0.1, 0.15) is 55.9 Å². The highest BCUT2D eigenvalue weighted by molar-refractivity contribution is 7.99. The topological polar surface area (TPSA) is 74.5 Å². The van der Waals surface area contributed by atoms with E-state index in [4.69, 9.17) is 16.6 Å². The van der Waals surface area contributed by atoms with Crippen LogP contribution in [0, 0.1) is 11.3 Å². The number of rotatable bonds is 8. The second-order valence-corrected chi connectivity index (χ2v) is 10.0. The zero-order chi connectivity index (χ0) is 25.0. The summed E-state index contributed by atoms with van der Waals surface area (Å²) in [5, 5.41) is 10.4. The van der Waals surface area contributed by atoms with Gasteiger partial charge in [0, 0.05) is 22.3 Å². The number of anilines is 1. The van der Waals surface area contributed by atoms with Gasteiger partial charge in [-0.2, -0.15) is 5.26 Å². The monoisotopic (exact) mass is 501 g/mol. The van der Waals surface area contributed by atoms with Gasteiger partial charge in [-0.25, -0.2) is 15.0 Å².